The van der Waals surface area contributed by atoms with E-state index in [4.69, 9.17) is 21.1 Å². The maximum atomic E-state index is 9.29. The van der Waals surface area contributed by atoms with Crippen LogP contribution in [0.3, 0.4) is 0 Å². The number of aliphatic hydroxyl groups excluding tert-OH is 2. The summed E-state index contributed by atoms with van der Waals surface area (Å²) in [6.07, 6.45) is 0. The van der Waals surface area contributed by atoms with Crippen molar-refractivity contribution < 1.29 is 20.1 Å². The van der Waals surface area contributed by atoms with E-state index in [1.807, 2.05) is 0 Å². The van der Waals surface area contributed by atoms with Crippen LogP contribution in [0.15, 0.2) is 0 Å². The zero-order valence-electron chi connectivity index (χ0n) is 7.10. The van der Waals surface area contributed by atoms with Gasteiger partial charge in [0.1, 0.15) is 0 Å². The van der Waals surface area contributed by atoms with E-state index in [0.29, 0.717) is 6.54 Å². The lowest BCUT2D eigenvalue weighted by molar-refractivity contribution is -0.133. The minimum Gasteiger partial charge on any atom is -0.481 e. The molecule has 0 aliphatic heterocycles. The zero-order chi connectivity index (χ0) is 10.4. The fourth-order valence-corrected chi connectivity index (χ4v) is 0. The van der Waals surface area contributed by atoms with Gasteiger partial charge in [-0.25, -0.2) is 0 Å². The van der Waals surface area contributed by atoms with Crippen molar-refractivity contribution in [1.82, 2.24) is 0 Å². The lowest BCUT2D eigenvalue weighted by Crippen LogP contribution is -2.02. The maximum absolute atomic E-state index is 9.29. The van der Waals surface area contributed by atoms with E-state index in [1.165, 1.54) is 0 Å². The van der Waals surface area contributed by atoms with Gasteiger partial charge in [0, 0.05) is 13.2 Å². The van der Waals surface area contributed by atoms with Crippen molar-refractivity contribution in [1.29, 1.82) is 0 Å². The minimum absolute atomic E-state index is 0.0833. The Morgan fingerprint density at radius 2 is 1.67 bits per heavy atom. The standard InChI is InChI=1S/C2H7NO.C2H4O2S.C2H6O/c3-1-2-4;3-2(4)1-5;1-2-3/h4H,1-3H2;5H,1H2,(H,3,4);3H,2H2,1H3. The number of hydrogen-bond acceptors (Lipinski definition) is 5. The molecule has 0 aromatic carbocycles. The first kappa shape index (κ1) is 17.7. The molecule has 0 atom stereocenters. The van der Waals surface area contributed by atoms with Gasteiger partial charge in [-0.2, -0.15) is 12.6 Å². The maximum Gasteiger partial charge on any atom is 0.313 e. The van der Waals surface area contributed by atoms with Crippen molar-refractivity contribution >= 4 is 18.6 Å². The number of aliphatic carboxylic acids is 1. The molecule has 0 spiro atoms. The first-order valence-electron chi connectivity index (χ1n) is 3.35. The van der Waals surface area contributed by atoms with Gasteiger partial charge in [-0.3, -0.25) is 4.79 Å². The molecule has 6 heteroatoms. The summed E-state index contributed by atoms with van der Waals surface area (Å²) in [6.45, 7) is 2.40. The van der Waals surface area contributed by atoms with Crippen LogP contribution in [0.25, 0.3) is 0 Å². The van der Waals surface area contributed by atoms with Crippen LogP contribution < -0.4 is 5.73 Å². The Labute approximate surface area is 77.6 Å². The van der Waals surface area contributed by atoms with Crippen molar-refractivity contribution in [3.05, 3.63) is 0 Å². The number of aliphatic hydroxyl groups is 2. The van der Waals surface area contributed by atoms with E-state index in [1.54, 1.807) is 6.92 Å². The van der Waals surface area contributed by atoms with Crippen LogP contribution in [0.4, 0.5) is 0 Å². The molecular formula is C6H17NO4S. The van der Waals surface area contributed by atoms with E-state index in [2.05, 4.69) is 12.6 Å². The Bertz CT molecular complexity index is 79.9. The van der Waals surface area contributed by atoms with E-state index in [-0.39, 0.29) is 19.0 Å². The van der Waals surface area contributed by atoms with Gasteiger partial charge in [0.2, 0.25) is 0 Å². The molecule has 0 saturated heterocycles. The summed E-state index contributed by atoms with van der Waals surface area (Å²) in [4.78, 5) is 9.29. The smallest absolute Gasteiger partial charge is 0.313 e. The molecule has 0 fully saturated rings. The number of carboxylic acids is 1. The van der Waals surface area contributed by atoms with Crippen molar-refractivity contribution in [2.45, 2.75) is 6.92 Å². The summed E-state index contributed by atoms with van der Waals surface area (Å²) in [5.74, 6) is -0.965. The highest BCUT2D eigenvalue weighted by molar-refractivity contribution is 7.81. The zero-order valence-corrected chi connectivity index (χ0v) is 8.00. The summed E-state index contributed by atoms with van der Waals surface area (Å²) in [5, 5.41) is 23.0. The first-order valence-corrected chi connectivity index (χ1v) is 3.98. The van der Waals surface area contributed by atoms with Crippen LogP contribution in [-0.4, -0.2) is 46.8 Å². The Morgan fingerprint density at radius 3 is 1.67 bits per heavy atom. The summed E-state index contributed by atoms with van der Waals surface area (Å²) in [6, 6.07) is 0. The van der Waals surface area contributed by atoms with Gasteiger partial charge < -0.3 is 21.1 Å². The van der Waals surface area contributed by atoms with Gasteiger partial charge in [0.15, 0.2) is 0 Å². The molecule has 76 valence electrons. The van der Waals surface area contributed by atoms with E-state index >= 15 is 0 Å². The second-order valence-corrected chi connectivity index (χ2v) is 1.70. The highest BCUT2D eigenvalue weighted by Crippen LogP contribution is 1.66. The molecule has 12 heavy (non-hydrogen) atoms. The summed E-state index contributed by atoms with van der Waals surface area (Å²) >= 11 is 3.42. The average molecular weight is 199 g/mol. The molecule has 0 aromatic rings. The van der Waals surface area contributed by atoms with Gasteiger partial charge >= 0.3 is 5.97 Å². The average Bonchev–Trinajstić information content (AvgIpc) is 2.06. The minimum atomic E-state index is -0.881. The molecule has 5 N–H and O–H groups in total. The van der Waals surface area contributed by atoms with Crippen LogP contribution in [0, 0.1) is 0 Å². The third-order valence-corrected chi connectivity index (χ3v) is 0.535. The second-order valence-electron chi connectivity index (χ2n) is 1.38. The van der Waals surface area contributed by atoms with Crippen molar-refractivity contribution in [2.75, 3.05) is 25.5 Å². The van der Waals surface area contributed by atoms with Crippen LogP contribution in [0.5, 0.6) is 0 Å². The number of nitrogens with two attached hydrogens (primary N) is 1. The number of carboxylic acid groups (broad SMARTS) is 1. The van der Waals surface area contributed by atoms with Gasteiger partial charge in [0.05, 0.1) is 12.4 Å². The van der Waals surface area contributed by atoms with Gasteiger partial charge in [-0.1, -0.05) is 0 Å². The lowest BCUT2D eigenvalue weighted by atomic mass is 10.8. The van der Waals surface area contributed by atoms with Gasteiger partial charge in [0.25, 0.3) is 0 Å². The number of rotatable bonds is 2. The molecule has 0 aliphatic carbocycles. The normalized spacial score (nSPS) is 7.08. The fourth-order valence-electron chi connectivity index (χ4n) is 0. The Balaban J connectivity index is -0.000000105. The van der Waals surface area contributed by atoms with Crippen molar-refractivity contribution in [3.8, 4) is 0 Å². The topological polar surface area (TPSA) is 104 Å². The van der Waals surface area contributed by atoms with Gasteiger partial charge in [-0.05, 0) is 6.92 Å². The summed E-state index contributed by atoms with van der Waals surface area (Å²) in [5.41, 5.74) is 4.78. The Morgan fingerprint density at radius 1 is 1.50 bits per heavy atom. The molecular weight excluding hydrogens is 182 g/mol. The molecule has 0 radical (unpaired) electrons. The third kappa shape index (κ3) is 101. The van der Waals surface area contributed by atoms with E-state index in [9.17, 15) is 4.79 Å². The fraction of sp³-hybridized carbons (Fsp3) is 0.833. The number of carbonyl (C=O) groups is 1. The third-order valence-electron chi connectivity index (χ3n) is 0.264. The molecule has 0 rings (SSSR count). The molecule has 5 nitrogen and oxygen atoms in total. The predicted molar refractivity (Wildman–Crippen MR) is 50.4 cm³/mol. The SMILES string of the molecule is CCO.NCCO.O=C(O)CS. The monoisotopic (exact) mass is 199 g/mol. The summed E-state index contributed by atoms with van der Waals surface area (Å²) < 4.78 is 0. The Kier molecular flexibility index (Phi) is 33.1. The number of hydrogen-bond donors (Lipinski definition) is 5. The molecule has 0 saturated carbocycles. The van der Waals surface area contributed by atoms with Crippen LogP contribution in [0.1, 0.15) is 6.92 Å². The largest absolute Gasteiger partial charge is 0.481 e. The lowest BCUT2D eigenvalue weighted by Gasteiger charge is -1.71. The molecule has 0 heterocycles. The number of thiol groups is 1. The second kappa shape index (κ2) is 22.4. The predicted octanol–water partition coefficient (Wildman–Crippen LogP) is -1.06. The van der Waals surface area contributed by atoms with Crippen molar-refractivity contribution in [3.63, 3.8) is 0 Å². The van der Waals surface area contributed by atoms with Crippen molar-refractivity contribution in [2.24, 2.45) is 5.73 Å². The van der Waals surface area contributed by atoms with Crippen LogP contribution in [-0.2, 0) is 4.79 Å². The Hall–Kier alpha value is -0.300. The highest BCUT2D eigenvalue weighted by atomic mass is 32.1. The molecule has 0 amide bonds. The molecule has 0 unspecified atom stereocenters. The first-order chi connectivity index (χ1) is 5.60. The van der Waals surface area contributed by atoms with Gasteiger partial charge in [-0.15, -0.1) is 0 Å². The van der Waals surface area contributed by atoms with Crippen LogP contribution >= 0.6 is 12.6 Å². The quantitative estimate of drug-likeness (QED) is 0.365. The van der Waals surface area contributed by atoms with Crippen LogP contribution in [0.2, 0.25) is 0 Å². The molecule has 0 aliphatic rings. The van der Waals surface area contributed by atoms with E-state index in [0.717, 1.165) is 0 Å². The summed E-state index contributed by atoms with van der Waals surface area (Å²) in [7, 11) is 0. The molecule has 0 aromatic heterocycles. The highest BCUT2D eigenvalue weighted by Gasteiger charge is 1.81. The molecule has 0 bridgehead atoms. The van der Waals surface area contributed by atoms with E-state index < -0.39 is 5.97 Å².